The molecule has 23 heavy (non-hydrogen) atoms. The van der Waals surface area contributed by atoms with Crippen molar-refractivity contribution in [2.24, 2.45) is 0 Å². The van der Waals surface area contributed by atoms with Gasteiger partial charge in [0.15, 0.2) is 5.78 Å². The zero-order valence-corrected chi connectivity index (χ0v) is 14.4. The van der Waals surface area contributed by atoms with Crippen molar-refractivity contribution >= 4 is 11.7 Å². The molecule has 0 aliphatic heterocycles. The molecule has 0 saturated heterocycles. The van der Waals surface area contributed by atoms with Crippen molar-refractivity contribution in [3.63, 3.8) is 0 Å². The summed E-state index contributed by atoms with van der Waals surface area (Å²) in [5, 5.41) is 0. The Kier molecular flexibility index (Phi) is 6.20. The van der Waals surface area contributed by atoms with Crippen LogP contribution in [-0.2, 0) is 11.2 Å². The number of Topliss-reactive ketones (excluding diaryl/α,β-unsaturated/α-hetero) is 1. The first-order valence-electron chi connectivity index (χ1n) is 8.46. The minimum Gasteiger partial charge on any atom is -0.496 e. The third kappa shape index (κ3) is 4.57. The lowest BCUT2D eigenvalue weighted by molar-refractivity contribution is -0.131. The van der Waals surface area contributed by atoms with E-state index in [0.29, 0.717) is 17.4 Å². The summed E-state index contributed by atoms with van der Waals surface area (Å²) >= 11 is 0. The molecule has 1 saturated carbocycles. The first kappa shape index (κ1) is 17.5. The second kappa shape index (κ2) is 8.14. The Morgan fingerprint density at radius 1 is 1.17 bits per heavy atom. The van der Waals surface area contributed by atoms with Gasteiger partial charge in [0, 0.05) is 24.2 Å². The predicted octanol–water partition coefficient (Wildman–Crippen LogP) is 3.62. The number of hydrogen-bond acceptors (Lipinski definition) is 3. The van der Waals surface area contributed by atoms with Gasteiger partial charge in [-0.1, -0.05) is 25.7 Å². The van der Waals surface area contributed by atoms with Crippen LogP contribution >= 0.6 is 0 Å². The Bertz CT molecular complexity index is 560. The summed E-state index contributed by atoms with van der Waals surface area (Å²) in [6.45, 7) is 1.53. The number of rotatable bonds is 5. The highest BCUT2D eigenvalue weighted by Gasteiger charge is 2.22. The van der Waals surface area contributed by atoms with Gasteiger partial charge in [0.05, 0.1) is 13.5 Å². The standard InChI is InChI=1S/C19H27NO3/c1-14(21)15-10-11-18(23-3)16(12-15)13-19(22)20(2)17-8-6-4-5-7-9-17/h10-12,17H,4-9,13H2,1-3H3. The number of hydrogen-bond donors (Lipinski definition) is 0. The zero-order valence-electron chi connectivity index (χ0n) is 14.4. The maximum Gasteiger partial charge on any atom is 0.227 e. The van der Waals surface area contributed by atoms with Crippen LogP contribution in [0.1, 0.15) is 61.4 Å². The molecule has 1 amide bonds. The number of carbonyl (C=O) groups excluding carboxylic acids is 2. The van der Waals surface area contributed by atoms with Crippen molar-refractivity contribution in [1.29, 1.82) is 0 Å². The van der Waals surface area contributed by atoms with Gasteiger partial charge in [-0.15, -0.1) is 0 Å². The van der Waals surface area contributed by atoms with Crippen LogP contribution in [0.2, 0.25) is 0 Å². The molecule has 0 radical (unpaired) electrons. The summed E-state index contributed by atoms with van der Waals surface area (Å²) in [5.41, 5.74) is 1.40. The van der Waals surface area contributed by atoms with E-state index in [2.05, 4.69) is 0 Å². The summed E-state index contributed by atoms with van der Waals surface area (Å²) < 4.78 is 5.34. The molecular weight excluding hydrogens is 290 g/mol. The van der Waals surface area contributed by atoms with E-state index < -0.39 is 0 Å². The van der Waals surface area contributed by atoms with Crippen LogP contribution in [0.25, 0.3) is 0 Å². The summed E-state index contributed by atoms with van der Waals surface area (Å²) in [6.07, 6.45) is 7.40. The minimum absolute atomic E-state index is 0.00141. The molecule has 1 fully saturated rings. The second-order valence-electron chi connectivity index (χ2n) is 6.41. The summed E-state index contributed by atoms with van der Waals surface area (Å²) in [4.78, 5) is 26.1. The average molecular weight is 317 g/mol. The lowest BCUT2D eigenvalue weighted by Crippen LogP contribution is -2.37. The monoisotopic (exact) mass is 317 g/mol. The van der Waals surface area contributed by atoms with Gasteiger partial charge in [-0.25, -0.2) is 0 Å². The molecule has 0 N–H and O–H groups in total. The van der Waals surface area contributed by atoms with Gasteiger partial charge in [-0.2, -0.15) is 0 Å². The van der Waals surface area contributed by atoms with Gasteiger partial charge in [0.25, 0.3) is 0 Å². The normalized spacial score (nSPS) is 15.8. The van der Waals surface area contributed by atoms with Crippen LogP contribution in [0.3, 0.4) is 0 Å². The van der Waals surface area contributed by atoms with Gasteiger partial charge in [0.1, 0.15) is 5.75 Å². The van der Waals surface area contributed by atoms with Gasteiger partial charge in [-0.05, 0) is 38.0 Å². The minimum atomic E-state index is -0.00141. The molecule has 0 aromatic heterocycles. The van der Waals surface area contributed by atoms with Crippen molar-refractivity contribution in [3.05, 3.63) is 29.3 Å². The largest absolute Gasteiger partial charge is 0.496 e. The Labute approximate surface area is 138 Å². The topological polar surface area (TPSA) is 46.6 Å². The Balaban J connectivity index is 2.11. The van der Waals surface area contributed by atoms with E-state index in [1.165, 1.54) is 32.6 Å². The molecule has 1 aliphatic carbocycles. The molecule has 0 unspecified atom stereocenters. The summed E-state index contributed by atoms with van der Waals surface area (Å²) in [5.74, 6) is 0.756. The van der Waals surface area contributed by atoms with Gasteiger partial charge >= 0.3 is 0 Å². The molecule has 0 spiro atoms. The smallest absolute Gasteiger partial charge is 0.227 e. The van der Waals surface area contributed by atoms with E-state index in [4.69, 9.17) is 4.74 Å². The van der Waals surface area contributed by atoms with Crippen LogP contribution < -0.4 is 4.74 Å². The molecule has 4 heteroatoms. The van der Waals surface area contributed by atoms with Crippen LogP contribution in [-0.4, -0.2) is 36.8 Å². The van der Waals surface area contributed by atoms with E-state index in [-0.39, 0.29) is 18.1 Å². The first-order valence-corrected chi connectivity index (χ1v) is 8.46. The number of ketones is 1. The second-order valence-corrected chi connectivity index (χ2v) is 6.41. The summed E-state index contributed by atoms with van der Waals surface area (Å²) in [7, 11) is 3.49. The highest BCUT2D eigenvalue weighted by Crippen LogP contribution is 2.24. The Morgan fingerprint density at radius 2 is 1.83 bits per heavy atom. The molecule has 4 nitrogen and oxygen atoms in total. The number of carbonyl (C=O) groups is 2. The van der Waals surface area contributed by atoms with Gasteiger partial charge in [-0.3, -0.25) is 9.59 Å². The highest BCUT2D eigenvalue weighted by molar-refractivity contribution is 5.94. The maximum absolute atomic E-state index is 12.7. The molecule has 1 aromatic rings. The molecule has 0 bridgehead atoms. The molecule has 0 heterocycles. The Morgan fingerprint density at radius 3 is 2.39 bits per heavy atom. The van der Waals surface area contributed by atoms with Crippen molar-refractivity contribution in [2.45, 2.75) is 57.9 Å². The molecule has 1 aromatic carbocycles. The van der Waals surface area contributed by atoms with E-state index >= 15 is 0 Å². The zero-order chi connectivity index (χ0) is 16.8. The maximum atomic E-state index is 12.7. The fourth-order valence-corrected chi connectivity index (χ4v) is 3.27. The molecular formula is C19H27NO3. The van der Waals surface area contributed by atoms with Crippen LogP contribution in [0.5, 0.6) is 5.75 Å². The fourth-order valence-electron chi connectivity index (χ4n) is 3.27. The third-order valence-corrected chi connectivity index (χ3v) is 4.79. The summed E-state index contributed by atoms with van der Waals surface area (Å²) in [6, 6.07) is 5.63. The van der Waals surface area contributed by atoms with Crippen molar-refractivity contribution in [1.82, 2.24) is 4.90 Å². The van der Waals surface area contributed by atoms with E-state index in [9.17, 15) is 9.59 Å². The van der Waals surface area contributed by atoms with Gasteiger partial charge < -0.3 is 9.64 Å². The third-order valence-electron chi connectivity index (χ3n) is 4.79. The van der Waals surface area contributed by atoms with Crippen LogP contribution in [0.15, 0.2) is 18.2 Å². The average Bonchev–Trinajstić information content (AvgIpc) is 2.83. The lowest BCUT2D eigenvalue weighted by Gasteiger charge is -2.27. The number of methoxy groups -OCH3 is 1. The molecule has 2 rings (SSSR count). The fraction of sp³-hybridized carbons (Fsp3) is 0.579. The van der Waals surface area contributed by atoms with E-state index in [1.807, 2.05) is 11.9 Å². The highest BCUT2D eigenvalue weighted by atomic mass is 16.5. The SMILES string of the molecule is COc1ccc(C(C)=O)cc1CC(=O)N(C)C1CCCCCC1. The first-order chi connectivity index (χ1) is 11.0. The van der Waals surface area contributed by atoms with Crippen molar-refractivity contribution in [2.75, 3.05) is 14.2 Å². The number of benzene rings is 1. The van der Waals surface area contributed by atoms with Crippen molar-refractivity contribution < 1.29 is 14.3 Å². The van der Waals surface area contributed by atoms with Crippen molar-refractivity contribution in [3.8, 4) is 5.75 Å². The predicted molar refractivity (Wildman–Crippen MR) is 91.0 cm³/mol. The lowest BCUT2D eigenvalue weighted by atomic mass is 10.0. The van der Waals surface area contributed by atoms with E-state index in [0.717, 1.165) is 18.4 Å². The molecule has 0 atom stereocenters. The molecule has 1 aliphatic rings. The quantitative estimate of drug-likeness (QED) is 0.615. The number of amides is 1. The number of ether oxygens (including phenoxy) is 1. The number of nitrogens with zero attached hydrogens (tertiary/aromatic N) is 1. The molecule has 126 valence electrons. The van der Waals surface area contributed by atoms with Crippen LogP contribution in [0, 0.1) is 0 Å². The Hall–Kier alpha value is -1.84. The van der Waals surface area contributed by atoms with E-state index in [1.54, 1.807) is 25.3 Å². The van der Waals surface area contributed by atoms with Gasteiger partial charge in [0.2, 0.25) is 5.91 Å². The van der Waals surface area contributed by atoms with Crippen LogP contribution in [0.4, 0.5) is 0 Å². The number of likely N-dealkylation sites (N-methyl/N-ethyl adjacent to an activating group) is 1.